The van der Waals surface area contributed by atoms with Crippen LogP contribution in [0.5, 0.6) is 0 Å². The minimum atomic E-state index is -0.379. The summed E-state index contributed by atoms with van der Waals surface area (Å²) in [6.45, 7) is 3.61. The molecule has 0 aliphatic rings. The molecule has 1 amide bonds. The quantitative estimate of drug-likeness (QED) is 0.510. The second kappa shape index (κ2) is 7.62. The molecule has 0 bridgehead atoms. The molecule has 18 heavy (non-hydrogen) atoms. The van der Waals surface area contributed by atoms with Gasteiger partial charge in [-0.1, -0.05) is 5.10 Å². The molecule has 102 valence electrons. The van der Waals surface area contributed by atoms with E-state index in [0.717, 1.165) is 0 Å². The predicted octanol–water partition coefficient (Wildman–Crippen LogP) is -0.519. The zero-order chi connectivity index (χ0) is 13.4. The smallest absolute Gasteiger partial charge is 0.315 e. The lowest BCUT2D eigenvalue weighted by atomic mass is 10.2. The Kier molecular flexibility index (Phi) is 6.09. The SMILES string of the molecule is COCCNCc1nnc(NC(C)CC(N)=O)o1. The minimum Gasteiger partial charge on any atom is -0.407 e. The van der Waals surface area contributed by atoms with Gasteiger partial charge in [0.15, 0.2) is 0 Å². The fourth-order valence-corrected chi connectivity index (χ4v) is 1.32. The van der Waals surface area contributed by atoms with Crippen LogP contribution >= 0.6 is 0 Å². The monoisotopic (exact) mass is 257 g/mol. The maximum atomic E-state index is 10.7. The van der Waals surface area contributed by atoms with E-state index in [0.29, 0.717) is 25.6 Å². The molecule has 0 fully saturated rings. The van der Waals surface area contributed by atoms with E-state index in [9.17, 15) is 4.79 Å². The number of nitrogens with two attached hydrogens (primary N) is 1. The number of ether oxygens (including phenoxy) is 1. The normalized spacial score (nSPS) is 12.3. The van der Waals surface area contributed by atoms with Crippen LogP contribution in [-0.2, 0) is 16.1 Å². The average Bonchev–Trinajstić information content (AvgIpc) is 2.71. The van der Waals surface area contributed by atoms with E-state index >= 15 is 0 Å². The summed E-state index contributed by atoms with van der Waals surface area (Å²) in [5.41, 5.74) is 5.08. The van der Waals surface area contributed by atoms with Gasteiger partial charge in [0.25, 0.3) is 0 Å². The second-order valence-corrected chi connectivity index (χ2v) is 3.89. The highest BCUT2D eigenvalue weighted by Crippen LogP contribution is 2.07. The van der Waals surface area contributed by atoms with Crippen molar-refractivity contribution in [2.45, 2.75) is 25.9 Å². The van der Waals surface area contributed by atoms with Crippen LogP contribution in [0.15, 0.2) is 4.42 Å². The van der Waals surface area contributed by atoms with Gasteiger partial charge < -0.3 is 25.5 Å². The molecule has 1 aromatic heterocycles. The number of aromatic nitrogens is 2. The van der Waals surface area contributed by atoms with Crippen LogP contribution < -0.4 is 16.4 Å². The molecule has 8 nitrogen and oxygen atoms in total. The van der Waals surface area contributed by atoms with Gasteiger partial charge in [-0.2, -0.15) is 0 Å². The van der Waals surface area contributed by atoms with Gasteiger partial charge >= 0.3 is 6.01 Å². The number of anilines is 1. The Balaban J connectivity index is 2.31. The van der Waals surface area contributed by atoms with Gasteiger partial charge in [-0.3, -0.25) is 4.79 Å². The number of amides is 1. The Bertz CT molecular complexity index is 368. The highest BCUT2D eigenvalue weighted by molar-refractivity contribution is 5.74. The van der Waals surface area contributed by atoms with Crippen molar-refractivity contribution >= 4 is 11.9 Å². The van der Waals surface area contributed by atoms with Crippen LogP contribution in [0.25, 0.3) is 0 Å². The Morgan fingerprint density at radius 3 is 3.00 bits per heavy atom. The fourth-order valence-electron chi connectivity index (χ4n) is 1.32. The first-order valence-corrected chi connectivity index (χ1v) is 5.68. The molecular weight excluding hydrogens is 238 g/mol. The van der Waals surface area contributed by atoms with Crippen molar-refractivity contribution in [3.8, 4) is 0 Å². The third-order valence-corrected chi connectivity index (χ3v) is 2.10. The van der Waals surface area contributed by atoms with Gasteiger partial charge in [0.2, 0.25) is 11.8 Å². The van der Waals surface area contributed by atoms with Crippen molar-refractivity contribution in [2.75, 3.05) is 25.6 Å². The molecule has 0 spiro atoms. The molecule has 1 rings (SSSR count). The number of methoxy groups -OCH3 is 1. The third kappa shape index (κ3) is 5.60. The lowest BCUT2D eigenvalue weighted by Crippen LogP contribution is -2.24. The number of hydrogen-bond acceptors (Lipinski definition) is 7. The summed E-state index contributed by atoms with van der Waals surface area (Å²) in [6, 6.07) is 0.143. The van der Waals surface area contributed by atoms with Crippen molar-refractivity contribution in [3.05, 3.63) is 5.89 Å². The zero-order valence-electron chi connectivity index (χ0n) is 10.6. The standard InChI is InChI=1S/C10H19N5O3/c1-7(5-8(11)16)13-10-15-14-9(18-10)6-12-3-4-17-2/h7,12H,3-6H2,1-2H3,(H2,11,16)(H,13,15). The zero-order valence-corrected chi connectivity index (χ0v) is 10.6. The van der Waals surface area contributed by atoms with E-state index in [1.54, 1.807) is 7.11 Å². The van der Waals surface area contributed by atoms with Gasteiger partial charge in [-0.15, -0.1) is 5.10 Å². The molecular formula is C10H19N5O3. The predicted molar refractivity (Wildman–Crippen MR) is 64.8 cm³/mol. The van der Waals surface area contributed by atoms with Crippen LogP contribution in [0.4, 0.5) is 6.01 Å². The largest absolute Gasteiger partial charge is 0.407 e. The topological polar surface area (TPSA) is 115 Å². The summed E-state index contributed by atoms with van der Waals surface area (Å²) < 4.78 is 10.2. The first-order valence-electron chi connectivity index (χ1n) is 5.68. The highest BCUT2D eigenvalue weighted by Gasteiger charge is 2.10. The number of carbonyl (C=O) groups is 1. The van der Waals surface area contributed by atoms with Crippen LogP contribution in [0.2, 0.25) is 0 Å². The summed E-state index contributed by atoms with van der Waals surface area (Å²) in [4.78, 5) is 10.7. The maximum Gasteiger partial charge on any atom is 0.315 e. The third-order valence-electron chi connectivity index (χ3n) is 2.10. The maximum absolute atomic E-state index is 10.7. The fraction of sp³-hybridized carbons (Fsp3) is 0.700. The van der Waals surface area contributed by atoms with E-state index in [1.165, 1.54) is 0 Å². The number of nitrogens with zero attached hydrogens (tertiary/aromatic N) is 2. The van der Waals surface area contributed by atoms with Crippen molar-refractivity contribution in [1.29, 1.82) is 0 Å². The lowest BCUT2D eigenvalue weighted by Gasteiger charge is -2.08. The van der Waals surface area contributed by atoms with Crippen LogP contribution in [0.1, 0.15) is 19.2 Å². The molecule has 1 unspecified atom stereocenters. The van der Waals surface area contributed by atoms with E-state index < -0.39 is 0 Å². The Morgan fingerprint density at radius 1 is 1.56 bits per heavy atom. The summed E-state index contributed by atoms with van der Waals surface area (Å²) >= 11 is 0. The molecule has 0 aliphatic heterocycles. The molecule has 1 aromatic rings. The first-order chi connectivity index (χ1) is 8.61. The first kappa shape index (κ1) is 14.4. The second-order valence-electron chi connectivity index (χ2n) is 3.89. The van der Waals surface area contributed by atoms with Crippen molar-refractivity contribution in [3.63, 3.8) is 0 Å². The van der Waals surface area contributed by atoms with E-state index in [2.05, 4.69) is 20.8 Å². The Labute approximate surface area is 105 Å². The van der Waals surface area contributed by atoms with Gasteiger partial charge in [-0.25, -0.2) is 0 Å². The summed E-state index contributed by atoms with van der Waals surface area (Å²) in [7, 11) is 1.64. The number of primary amides is 1. The molecule has 0 aromatic carbocycles. The van der Waals surface area contributed by atoms with Gasteiger partial charge in [0, 0.05) is 26.1 Å². The van der Waals surface area contributed by atoms with Gasteiger partial charge in [0.05, 0.1) is 13.2 Å². The Hall–Kier alpha value is -1.67. The molecule has 8 heteroatoms. The van der Waals surface area contributed by atoms with Crippen LogP contribution in [-0.4, -0.2) is 42.4 Å². The van der Waals surface area contributed by atoms with Crippen molar-refractivity contribution in [2.24, 2.45) is 5.73 Å². The molecule has 0 saturated carbocycles. The van der Waals surface area contributed by atoms with E-state index in [-0.39, 0.29) is 24.4 Å². The highest BCUT2D eigenvalue weighted by atomic mass is 16.5. The number of nitrogens with one attached hydrogen (secondary N) is 2. The number of hydrogen-bond donors (Lipinski definition) is 3. The molecule has 1 atom stereocenters. The van der Waals surface area contributed by atoms with Crippen LogP contribution in [0.3, 0.4) is 0 Å². The molecule has 0 radical (unpaired) electrons. The molecule has 1 heterocycles. The average molecular weight is 257 g/mol. The number of rotatable bonds is 9. The van der Waals surface area contributed by atoms with Crippen molar-refractivity contribution in [1.82, 2.24) is 15.5 Å². The van der Waals surface area contributed by atoms with E-state index in [1.807, 2.05) is 6.92 Å². The van der Waals surface area contributed by atoms with Gasteiger partial charge in [0.1, 0.15) is 0 Å². The minimum absolute atomic E-state index is 0.141. The summed E-state index contributed by atoms with van der Waals surface area (Å²) in [5, 5.41) is 13.6. The Morgan fingerprint density at radius 2 is 2.33 bits per heavy atom. The van der Waals surface area contributed by atoms with Crippen LogP contribution in [0, 0.1) is 0 Å². The molecule has 4 N–H and O–H groups in total. The van der Waals surface area contributed by atoms with E-state index in [4.69, 9.17) is 14.9 Å². The molecule has 0 saturated heterocycles. The summed E-state index contributed by atoms with van der Waals surface area (Å²) in [6.07, 6.45) is 0.212. The lowest BCUT2D eigenvalue weighted by molar-refractivity contribution is -0.118. The van der Waals surface area contributed by atoms with Crippen molar-refractivity contribution < 1.29 is 13.9 Å². The number of carbonyl (C=O) groups excluding carboxylic acids is 1. The summed E-state index contributed by atoms with van der Waals surface area (Å²) in [5.74, 6) is 0.0934. The molecule has 0 aliphatic carbocycles. The van der Waals surface area contributed by atoms with Gasteiger partial charge in [-0.05, 0) is 6.92 Å².